The third-order valence-corrected chi connectivity index (χ3v) is 5.34. The first kappa shape index (κ1) is 21.8. The Balaban J connectivity index is 0.000000353. The number of nitrogens with one attached hydrogen (secondary N) is 1. The highest BCUT2D eigenvalue weighted by Gasteiger charge is 2.17. The summed E-state index contributed by atoms with van der Waals surface area (Å²) in [4.78, 5) is 7.38. The van der Waals surface area contributed by atoms with Crippen molar-refractivity contribution in [1.82, 2.24) is 19.8 Å². The molecular formula is C23H31ClN4O. The summed E-state index contributed by atoms with van der Waals surface area (Å²) in [6, 6.07) is 16.5. The molecule has 3 aromatic rings. The van der Waals surface area contributed by atoms with E-state index < -0.39 is 0 Å². The zero-order valence-electron chi connectivity index (χ0n) is 17.1. The van der Waals surface area contributed by atoms with Crippen molar-refractivity contribution in [2.75, 3.05) is 32.8 Å². The molecule has 2 aromatic carbocycles. The summed E-state index contributed by atoms with van der Waals surface area (Å²) in [5, 5.41) is 11.9. The first-order chi connectivity index (χ1) is 14.2. The van der Waals surface area contributed by atoms with Crippen LogP contribution >= 0.6 is 11.6 Å². The number of imidazole rings is 1. The van der Waals surface area contributed by atoms with Crippen LogP contribution in [0, 0.1) is 0 Å². The highest BCUT2D eigenvalue weighted by molar-refractivity contribution is 6.30. The summed E-state index contributed by atoms with van der Waals surface area (Å²) >= 11 is 6.01. The molecule has 0 radical (unpaired) electrons. The molecular weight excluding hydrogens is 384 g/mol. The molecule has 1 aliphatic heterocycles. The molecule has 0 unspecified atom stereocenters. The monoisotopic (exact) mass is 414 g/mol. The molecule has 0 aliphatic carbocycles. The molecule has 2 N–H and O–H groups in total. The molecule has 1 fully saturated rings. The van der Waals surface area contributed by atoms with Gasteiger partial charge in [0, 0.05) is 18.1 Å². The van der Waals surface area contributed by atoms with Gasteiger partial charge in [0.25, 0.3) is 0 Å². The third-order valence-electron chi connectivity index (χ3n) is 5.09. The van der Waals surface area contributed by atoms with E-state index in [1.807, 2.05) is 19.1 Å². The predicted molar refractivity (Wildman–Crippen MR) is 120 cm³/mol. The van der Waals surface area contributed by atoms with Gasteiger partial charge in [0.15, 0.2) is 0 Å². The first-order valence-electron chi connectivity index (χ1n) is 10.4. The second-order valence-electron chi connectivity index (χ2n) is 7.29. The fourth-order valence-corrected chi connectivity index (χ4v) is 3.72. The number of halogens is 1. The van der Waals surface area contributed by atoms with Crippen LogP contribution in [-0.2, 0) is 13.1 Å². The van der Waals surface area contributed by atoms with E-state index in [1.54, 1.807) is 0 Å². The molecule has 0 amide bonds. The summed E-state index contributed by atoms with van der Waals surface area (Å²) < 4.78 is 2.34. The second-order valence-corrected chi connectivity index (χ2v) is 7.73. The van der Waals surface area contributed by atoms with Crippen LogP contribution in [0.1, 0.15) is 31.2 Å². The fourth-order valence-electron chi connectivity index (χ4n) is 3.59. The van der Waals surface area contributed by atoms with Gasteiger partial charge in [0.05, 0.1) is 24.2 Å². The van der Waals surface area contributed by atoms with Crippen molar-refractivity contribution < 1.29 is 5.11 Å². The van der Waals surface area contributed by atoms with E-state index in [-0.39, 0.29) is 6.61 Å². The number of likely N-dealkylation sites (N-methyl/N-ethyl adjacent to an activating group) is 1. The van der Waals surface area contributed by atoms with Crippen molar-refractivity contribution in [3.63, 3.8) is 0 Å². The lowest BCUT2D eigenvalue weighted by molar-refractivity contribution is 0.293. The number of likely N-dealkylation sites (tertiary alicyclic amines) is 1. The van der Waals surface area contributed by atoms with E-state index in [9.17, 15) is 0 Å². The van der Waals surface area contributed by atoms with Gasteiger partial charge in [-0.25, -0.2) is 4.98 Å². The van der Waals surface area contributed by atoms with E-state index >= 15 is 0 Å². The molecule has 0 spiro atoms. The lowest BCUT2D eigenvalue weighted by atomic mass is 10.2. The van der Waals surface area contributed by atoms with Crippen molar-refractivity contribution in [2.45, 2.75) is 32.9 Å². The number of para-hydroxylation sites is 2. The van der Waals surface area contributed by atoms with Crippen LogP contribution < -0.4 is 5.32 Å². The van der Waals surface area contributed by atoms with Crippen molar-refractivity contribution in [2.24, 2.45) is 0 Å². The first-order valence-corrected chi connectivity index (χ1v) is 10.8. The van der Waals surface area contributed by atoms with Gasteiger partial charge < -0.3 is 15.0 Å². The zero-order chi connectivity index (χ0) is 20.5. The standard InChI is InChI=1S/C19H20ClN3.C4H11NO/c20-16-9-7-15(8-10-16)13-23-18-6-2-1-5-17(18)21-19(23)14-22-11-3-4-12-22;1-2-5-3-4-6/h1-2,5-10H,3-4,11-14H2;5-6H,2-4H2,1H3. The molecule has 1 aliphatic rings. The fraction of sp³-hybridized carbons (Fsp3) is 0.435. The maximum atomic E-state index is 8.13. The molecule has 29 heavy (non-hydrogen) atoms. The molecule has 0 bridgehead atoms. The van der Waals surface area contributed by atoms with Crippen LogP contribution in [0.3, 0.4) is 0 Å². The van der Waals surface area contributed by atoms with Gasteiger partial charge in [-0.15, -0.1) is 0 Å². The van der Waals surface area contributed by atoms with Gasteiger partial charge >= 0.3 is 0 Å². The van der Waals surface area contributed by atoms with Gasteiger partial charge in [-0.05, 0) is 62.3 Å². The van der Waals surface area contributed by atoms with Crippen LogP contribution in [0.4, 0.5) is 0 Å². The Morgan fingerprint density at radius 1 is 1.03 bits per heavy atom. The number of benzene rings is 2. The Morgan fingerprint density at radius 2 is 1.76 bits per heavy atom. The summed E-state index contributed by atoms with van der Waals surface area (Å²) in [5.41, 5.74) is 3.53. The minimum absolute atomic E-state index is 0.244. The normalized spacial score (nSPS) is 14.2. The number of hydrogen-bond donors (Lipinski definition) is 2. The Kier molecular flexibility index (Phi) is 8.50. The van der Waals surface area contributed by atoms with Crippen LogP contribution in [0.2, 0.25) is 5.02 Å². The van der Waals surface area contributed by atoms with Crippen LogP contribution in [0.5, 0.6) is 0 Å². The number of aromatic nitrogens is 2. The number of hydrogen-bond acceptors (Lipinski definition) is 4. The summed E-state index contributed by atoms with van der Waals surface area (Å²) in [7, 11) is 0. The molecule has 156 valence electrons. The minimum Gasteiger partial charge on any atom is -0.395 e. The average Bonchev–Trinajstić information content (AvgIpc) is 3.37. The highest BCUT2D eigenvalue weighted by Crippen LogP contribution is 2.21. The Labute approximate surface area is 178 Å². The molecule has 1 saturated heterocycles. The molecule has 0 saturated carbocycles. The maximum absolute atomic E-state index is 8.13. The predicted octanol–water partition coefficient (Wildman–Crippen LogP) is 3.92. The zero-order valence-corrected chi connectivity index (χ0v) is 17.9. The lowest BCUT2D eigenvalue weighted by Crippen LogP contribution is -2.21. The third kappa shape index (κ3) is 6.28. The number of aliphatic hydroxyl groups is 1. The van der Waals surface area contributed by atoms with Crippen molar-refractivity contribution in [1.29, 1.82) is 0 Å². The number of aliphatic hydroxyl groups excluding tert-OH is 1. The molecule has 0 atom stereocenters. The van der Waals surface area contributed by atoms with Crippen molar-refractivity contribution in [3.05, 3.63) is 64.9 Å². The van der Waals surface area contributed by atoms with Gasteiger partial charge in [-0.3, -0.25) is 4.90 Å². The SMILES string of the molecule is CCNCCO.Clc1ccc(Cn2c(CN3CCCC3)nc3ccccc32)cc1. The topological polar surface area (TPSA) is 53.3 Å². The van der Waals surface area contributed by atoms with Crippen molar-refractivity contribution in [3.8, 4) is 0 Å². The van der Waals surface area contributed by atoms with E-state index in [4.69, 9.17) is 21.7 Å². The average molecular weight is 415 g/mol. The number of nitrogens with zero attached hydrogens (tertiary/aromatic N) is 3. The largest absolute Gasteiger partial charge is 0.395 e. The maximum Gasteiger partial charge on any atom is 0.124 e. The van der Waals surface area contributed by atoms with E-state index in [1.165, 1.54) is 37.0 Å². The van der Waals surface area contributed by atoms with E-state index in [0.29, 0.717) is 0 Å². The molecule has 1 aromatic heterocycles. The molecule has 2 heterocycles. The number of rotatable bonds is 7. The molecule has 4 rings (SSSR count). The minimum atomic E-state index is 0.244. The second kappa shape index (κ2) is 11.3. The molecule has 6 heteroatoms. The van der Waals surface area contributed by atoms with Gasteiger partial charge in [0.1, 0.15) is 5.82 Å². The smallest absolute Gasteiger partial charge is 0.124 e. The molecule has 5 nitrogen and oxygen atoms in total. The Hall–Kier alpha value is -1.92. The lowest BCUT2D eigenvalue weighted by Gasteiger charge is -2.16. The number of fused-ring (bicyclic) bond motifs is 1. The van der Waals surface area contributed by atoms with Crippen LogP contribution in [0.15, 0.2) is 48.5 Å². The van der Waals surface area contributed by atoms with Gasteiger partial charge in [-0.1, -0.05) is 42.8 Å². The van der Waals surface area contributed by atoms with Gasteiger partial charge in [-0.2, -0.15) is 0 Å². The quantitative estimate of drug-likeness (QED) is 0.575. The summed E-state index contributed by atoms with van der Waals surface area (Å²) in [6.07, 6.45) is 2.61. The van der Waals surface area contributed by atoms with E-state index in [2.05, 4.69) is 51.2 Å². The Morgan fingerprint density at radius 3 is 2.41 bits per heavy atom. The highest BCUT2D eigenvalue weighted by atomic mass is 35.5. The van der Waals surface area contributed by atoms with Gasteiger partial charge in [0.2, 0.25) is 0 Å². The van der Waals surface area contributed by atoms with E-state index in [0.717, 1.165) is 42.5 Å². The summed E-state index contributed by atoms with van der Waals surface area (Å²) in [5.74, 6) is 1.16. The van der Waals surface area contributed by atoms with Crippen LogP contribution in [-0.4, -0.2) is 52.3 Å². The van der Waals surface area contributed by atoms with Crippen LogP contribution in [0.25, 0.3) is 11.0 Å². The summed E-state index contributed by atoms with van der Waals surface area (Å²) in [6.45, 7) is 8.05. The Bertz CT molecular complexity index is 868. The van der Waals surface area contributed by atoms with Crippen molar-refractivity contribution >= 4 is 22.6 Å².